The molecule has 0 aliphatic heterocycles. The van der Waals surface area contributed by atoms with Crippen LogP contribution in [0.25, 0.3) is 0 Å². The van der Waals surface area contributed by atoms with Crippen molar-refractivity contribution in [3.05, 3.63) is 30.3 Å². The Morgan fingerprint density at radius 3 is 2.77 bits per heavy atom. The Labute approximate surface area is 94.5 Å². The van der Waals surface area contributed by atoms with Crippen molar-refractivity contribution in [2.45, 2.75) is 20.3 Å². The first-order chi connectivity index (χ1) is 5.79. The summed E-state index contributed by atoms with van der Waals surface area (Å²) >= 11 is 0. The van der Waals surface area contributed by atoms with Gasteiger partial charge in [-0.1, -0.05) is 26.2 Å². The van der Waals surface area contributed by atoms with Crippen LogP contribution >= 0.6 is 0 Å². The molecule has 68 valence electrons. The van der Waals surface area contributed by atoms with E-state index in [1.165, 1.54) is 0 Å². The molecule has 0 fully saturated rings. The van der Waals surface area contributed by atoms with Crippen LogP contribution in [0.5, 0.6) is 0 Å². The average molecular weight is 343 g/mol. The molecule has 0 unspecified atom stereocenters. The van der Waals surface area contributed by atoms with E-state index < -0.39 is 0 Å². The van der Waals surface area contributed by atoms with Gasteiger partial charge >= 0.3 is 21.1 Å². The number of aliphatic imine (C=N–C) groups is 1. The van der Waals surface area contributed by atoms with E-state index in [9.17, 15) is 0 Å². The predicted octanol–water partition coefficient (Wildman–Crippen LogP) is 3.11. The molecule has 13 heavy (non-hydrogen) atoms. The third-order valence-electron chi connectivity index (χ3n) is 1.39. The molecule has 0 saturated carbocycles. The van der Waals surface area contributed by atoms with E-state index in [4.69, 9.17) is 0 Å². The predicted molar refractivity (Wildman–Crippen MR) is 51.8 cm³/mol. The Kier molecular flexibility index (Phi) is 6.80. The fourth-order valence-electron chi connectivity index (χ4n) is 0.767. The summed E-state index contributed by atoms with van der Waals surface area (Å²) in [5.74, 6) is 0.623. The van der Waals surface area contributed by atoms with Crippen molar-refractivity contribution in [3.8, 4) is 0 Å². The molecule has 1 nitrogen and oxygen atoms in total. The second-order valence-corrected chi connectivity index (χ2v) is 3.12. The first kappa shape index (κ1) is 12.6. The molecule has 0 aliphatic rings. The normalized spacial score (nSPS) is 10.4. The second kappa shape index (κ2) is 7.03. The Bertz CT molecular complexity index is 242. The van der Waals surface area contributed by atoms with Crippen LogP contribution in [0.4, 0.5) is 5.69 Å². The van der Waals surface area contributed by atoms with Crippen LogP contribution in [0.3, 0.4) is 0 Å². The van der Waals surface area contributed by atoms with Crippen molar-refractivity contribution < 1.29 is 21.1 Å². The van der Waals surface area contributed by atoms with E-state index in [1.807, 2.05) is 24.3 Å². The molecule has 0 heterocycles. The molecule has 0 amide bonds. The van der Waals surface area contributed by atoms with Gasteiger partial charge in [-0.3, -0.25) is 6.07 Å². The zero-order valence-electron chi connectivity index (χ0n) is 7.95. The maximum absolute atomic E-state index is 4.14. The zero-order chi connectivity index (χ0) is 8.81. The quantitative estimate of drug-likeness (QED) is 0.591. The largest absolute Gasteiger partial charge is 2.00 e. The minimum absolute atomic E-state index is 0. The van der Waals surface area contributed by atoms with E-state index in [-0.39, 0.29) is 21.1 Å². The van der Waals surface area contributed by atoms with Gasteiger partial charge in [-0.25, -0.2) is 11.8 Å². The van der Waals surface area contributed by atoms with E-state index in [0.29, 0.717) is 5.92 Å². The third kappa shape index (κ3) is 5.76. The van der Waals surface area contributed by atoms with Crippen LogP contribution in [0.15, 0.2) is 29.3 Å². The van der Waals surface area contributed by atoms with Crippen molar-refractivity contribution in [2.75, 3.05) is 0 Å². The van der Waals surface area contributed by atoms with E-state index in [1.54, 1.807) is 0 Å². The summed E-state index contributed by atoms with van der Waals surface area (Å²) in [5, 5.41) is 0. The minimum atomic E-state index is 0. The van der Waals surface area contributed by atoms with Crippen LogP contribution in [0, 0.1) is 12.0 Å². The van der Waals surface area contributed by atoms with Crippen molar-refractivity contribution >= 4 is 11.9 Å². The summed E-state index contributed by atoms with van der Waals surface area (Å²) in [6.45, 7) is 4.30. The summed E-state index contributed by atoms with van der Waals surface area (Å²) in [6, 6.07) is 10.7. The van der Waals surface area contributed by atoms with E-state index >= 15 is 0 Å². The number of hydrogen-bond donors (Lipinski definition) is 0. The molecule has 1 aromatic rings. The van der Waals surface area contributed by atoms with Crippen molar-refractivity contribution in [2.24, 2.45) is 10.9 Å². The zero-order valence-corrected chi connectivity index (χ0v) is 10.9. The Morgan fingerprint density at radius 2 is 2.23 bits per heavy atom. The van der Waals surface area contributed by atoms with Gasteiger partial charge in [0.1, 0.15) is 0 Å². The summed E-state index contributed by atoms with van der Waals surface area (Å²) in [7, 11) is 0. The molecule has 1 aromatic carbocycles. The summed E-state index contributed by atoms with van der Waals surface area (Å²) in [6.07, 6.45) is 3.90. The maximum Gasteiger partial charge on any atom is 2.00 e. The molecule has 0 aromatic heterocycles. The van der Waals surface area contributed by atoms with Crippen molar-refractivity contribution in [1.29, 1.82) is 0 Å². The van der Waals surface area contributed by atoms with Crippen molar-refractivity contribution in [3.63, 3.8) is 0 Å². The standard InChI is InChI=1S/C11H13N.W/c1-10(2)8-9-12-11-6-4-3-5-7-11;/h3-6,10H,8H2,1-2H3;/q-2;+2. The molecule has 0 spiro atoms. The second-order valence-electron chi connectivity index (χ2n) is 3.12. The van der Waals surface area contributed by atoms with Crippen molar-refractivity contribution in [1.82, 2.24) is 0 Å². The topological polar surface area (TPSA) is 12.4 Å². The number of nitrogens with zero attached hydrogens (tertiary/aromatic N) is 1. The Morgan fingerprint density at radius 1 is 1.46 bits per heavy atom. The average Bonchev–Trinajstić information content (AvgIpc) is 2.05. The Hall–Kier alpha value is -0.422. The molecule has 0 saturated heterocycles. The van der Waals surface area contributed by atoms with E-state index in [2.05, 4.69) is 31.1 Å². The van der Waals surface area contributed by atoms with Gasteiger partial charge in [-0.15, -0.1) is 0 Å². The van der Waals surface area contributed by atoms with Crippen LogP contribution in [0.1, 0.15) is 20.3 Å². The smallest absolute Gasteiger partial charge is 0.482 e. The summed E-state index contributed by atoms with van der Waals surface area (Å²) < 4.78 is 0. The van der Waals surface area contributed by atoms with Gasteiger partial charge in [0.05, 0.1) is 0 Å². The van der Waals surface area contributed by atoms with Crippen LogP contribution in [-0.4, -0.2) is 6.21 Å². The molecule has 0 N–H and O–H groups in total. The minimum Gasteiger partial charge on any atom is -0.482 e. The summed E-state index contributed by atoms with van der Waals surface area (Å²) in [5.41, 5.74) is 0.859. The third-order valence-corrected chi connectivity index (χ3v) is 1.39. The molecule has 1 rings (SSSR count). The fraction of sp³-hybridized carbons (Fsp3) is 0.364. The number of benzene rings is 1. The monoisotopic (exact) mass is 343 g/mol. The van der Waals surface area contributed by atoms with Gasteiger partial charge in [0, 0.05) is 0 Å². The van der Waals surface area contributed by atoms with Gasteiger partial charge in [0.25, 0.3) is 0 Å². The molecule has 2 heteroatoms. The van der Waals surface area contributed by atoms with Crippen LogP contribution < -0.4 is 0 Å². The Balaban J connectivity index is 0.00000144. The van der Waals surface area contributed by atoms with Gasteiger partial charge in [0.2, 0.25) is 0 Å². The van der Waals surface area contributed by atoms with Crippen LogP contribution in [-0.2, 0) is 21.1 Å². The molecular formula is C11H13NW. The molecule has 0 radical (unpaired) electrons. The molecule has 0 atom stereocenters. The van der Waals surface area contributed by atoms with Gasteiger partial charge < -0.3 is 4.99 Å². The SMILES string of the molecule is CC(C)C[C-]=Nc1[c-]cccc1.[W+2]. The first-order valence-corrected chi connectivity index (χ1v) is 4.19. The van der Waals surface area contributed by atoms with Gasteiger partial charge in [0.15, 0.2) is 0 Å². The molecular weight excluding hydrogens is 330 g/mol. The number of hydrogen-bond acceptors (Lipinski definition) is 1. The first-order valence-electron chi connectivity index (χ1n) is 4.19. The molecule has 0 aliphatic carbocycles. The number of para-hydroxylation sites is 1. The fourth-order valence-corrected chi connectivity index (χ4v) is 0.767. The van der Waals surface area contributed by atoms with Gasteiger partial charge in [-0.2, -0.15) is 24.4 Å². The summed E-state index contributed by atoms with van der Waals surface area (Å²) in [4.78, 5) is 4.14. The maximum atomic E-state index is 4.14. The van der Waals surface area contributed by atoms with Crippen LogP contribution in [0.2, 0.25) is 0 Å². The van der Waals surface area contributed by atoms with Gasteiger partial charge in [-0.05, 0) is 0 Å². The molecule has 0 bridgehead atoms. The number of rotatable bonds is 3. The van der Waals surface area contributed by atoms with E-state index in [0.717, 1.165) is 12.1 Å².